The van der Waals surface area contributed by atoms with Gasteiger partial charge in [0.15, 0.2) is 0 Å². The summed E-state index contributed by atoms with van der Waals surface area (Å²) < 4.78 is 5.13. The zero-order valence-corrected chi connectivity index (χ0v) is 10.7. The van der Waals surface area contributed by atoms with E-state index in [-0.39, 0.29) is 12.1 Å². The Bertz CT molecular complexity index is 211. The second-order valence-electron chi connectivity index (χ2n) is 4.82. The van der Waals surface area contributed by atoms with E-state index >= 15 is 0 Å². The van der Waals surface area contributed by atoms with Crippen LogP contribution in [0.3, 0.4) is 0 Å². The molecule has 0 unspecified atom stereocenters. The fourth-order valence-corrected chi connectivity index (χ4v) is 2.12. The van der Waals surface area contributed by atoms with Gasteiger partial charge in [0.2, 0.25) is 0 Å². The molecule has 0 aromatic rings. The number of rotatable bonds is 5. The first-order valence-corrected chi connectivity index (χ1v) is 6.18. The van der Waals surface area contributed by atoms with Crippen LogP contribution in [0, 0.1) is 5.92 Å². The number of ether oxygens (including phenoxy) is 1. The maximum atomic E-state index is 11.5. The topological polar surface area (TPSA) is 41.6 Å². The van der Waals surface area contributed by atoms with Crippen molar-refractivity contribution in [1.29, 1.82) is 0 Å². The summed E-state index contributed by atoms with van der Waals surface area (Å²) in [5.74, 6) is 0.671. The van der Waals surface area contributed by atoms with Crippen molar-refractivity contribution < 1.29 is 9.53 Å². The molecule has 4 nitrogen and oxygen atoms in total. The molecule has 1 rings (SSSR count). The largest absolute Gasteiger partial charge is 0.462 e. The molecule has 0 aromatic heterocycles. The van der Waals surface area contributed by atoms with Crippen LogP contribution in [0.25, 0.3) is 0 Å². The number of esters is 1. The molecule has 1 aliphatic heterocycles. The number of likely N-dealkylation sites (tertiary alicyclic amines) is 1. The third-order valence-corrected chi connectivity index (χ3v) is 2.92. The zero-order chi connectivity index (χ0) is 12.0. The van der Waals surface area contributed by atoms with Gasteiger partial charge in [-0.15, -0.1) is 0 Å². The van der Waals surface area contributed by atoms with Gasteiger partial charge in [-0.1, -0.05) is 0 Å². The van der Waals surface area contributed by atoms with Crippen LogP contribution >= 0.6 is 0 Å². The lowest BCUT2D eigenvalue weighted by atomic mass is 9.97. The van der Waals surface area contributed by atoms with Crippen LogP contribution in [0.4, 0.5) is 0 Å². The van der Waals surface area contributed by atoms with Crippen LogP contribution in [0.2, 0.25) is 0 Å². The molecule has 1 N–H and O–H groups in total. The molecule has 1 aliphatic rings. The summed E-state index contributed by atoms with van der Waals surface area (Å²) >= 11 is 0. The molecule has 1 saturated heterocycles. The van der Waals surface area contributed by atoms with E-state index in [9.17, 15) is 4.79 Å². The van der Waals surface area contributed by atoms with Crippen molar-refractivity contribution >= 4 is 5.97 Å². The maximum absolute atomic E-state index is 11.5. The highest BCUT2D eigenvalue weighted by atomic mass is 16.5. The predicted molar refractivity (Wildman–Crippen MR) is 64.3 cm³/mol. The summed E-state index contributed by atoms with van der Waals surface area (Å²) in [5, 5.41) is 3.21. The van der Waals surface area contributed by atoms with Crippen LogP contribution in [-0.2, 0) is 9.53 Å². The number of nitrogens with one attached hydrogen (secondary N) is 1. The van der Waals surface area contributed by atoms with Crippen LogP contribution in [0.5, 0.6) is 0 Å². The van der Waals surface area contributed by atoms with E-state index in [2.05, 4.69) is 10.2 Å². The van der Waals surface area contributed by atoms with Crippen molar-refractivity contribution in [2.75, 3.05) is 33.2 Å². The third-order valence-electron chi connectivity index (χ3n) is 2.92. The fourth-order valence-electron chi connectivity index (χ4n) is 2.12. The van der Waals surface area contributed by atoms with Crippen molar-refractivity contribution in [3.63, 3.8) is 0 Å². The Morgan fingerprint density at radius 3 is 2.56 bits per heavy atom. The van der Waals surface area contributed by atoms with Gasteiger partial charge in [0.25, 0.3) is 0 Å². The minimum Gasteiger partial charge on any atom is -0.462 e. The standard InChI is InChI=1S/C12H24N2O2/c1-10(2)16-12(15)9-14-6-4-11(5-7-14)8-13-3/h10-11,13H,4-9H2,1-3H3. The highest BCUT2D eigenvalue weighted by Gasteiger charge is 2.20. The lowest BCUT2D eigenvalue weighted by Crippen LogP contribution is -2.40. The van der Waals surface area contributed by atoms with E-state index in [0.29, 0.717) is 6.54 Å². The van der Waals surface area contributed by atoms with Crippen LogP contribution in [-0.4, -0.2) is 50.2 Å². The molecule has 0 bridgehead atoms. The molecule has 1 fully saturated rings. The van der Waals surface area contributed by atoms with Gasteiger partial charge < -0.3 is 10.1 Å². The molecule has 16 heavy (non-hydrogen) atoms. The lowest BCUT2D eigenvalue weighted by molar-refractivity contribution is -0.149. The Balaban J connectivity index is 2.19. The Hall–Kier alpha value is -0.610. The first-order chi connectivity index (χ1) is 7.61. The molecule has 0 saturated carbocycles. The Kier molecular flexibility index (Phi) is 5.77. The molecule has 0 aliphatic carbocycles. The fraction of sp³-hybridized carbons (Fsp3) is 0.917. The lowest BCUT2D eigenvalue weighted by Gasteiger charge is -2.31. The second-order valence-corrected chi connectivity index (χ2v) is 4.82. The monoisotopic (exact) mass is 228 g/mol. The minimum absolute atomic E-state index is 0.00525. The molecule has 1 heterocycles. The van der Waals surface area contributed by atoms with E-state index in [1.54, 1.807) is 0 Å². The molecule has 0 atom stereocenters. The SMILES string of the molecule is CNCC1CCN(CC(=O)OC(C)C)CC1. The molecule has 0 radical (unpaired) electrons. The quantitative estimate of drug-likeness (QED) is 0.709. The first kappa shape index (κ1) is 13.5. The number of nitrogens with zero attached hydrogens (tertiary/aromatic N) is 1. The summed E-state index contributed by atoms with van der Waals surface area (Å²) in [6, 6.07) is 0. The van der Waals surface area contributed by atoms with E-state index in [0.717, 1.165) is 25.6 Å². The predicted octanol–water partition coefficient (Wildman–Crippen LogP) is 0.869. The summed E-state index contributed by atoms with van der Waals surface area (Å²) in [6.07, 6.45) is 2.35. The number of piperidine rings is 1. The third kappa shape index (κ3) is 4.94. The van der Waals surface area contributed by atoms with Gasteiger partial charge in [-0.3, -0.25) is 9.69 Å². The van der Waals surface area contributed by atoms with Gasteiger partial charge in [0.05, 0.1) is 12.6 Å². The number of carbonyl (C=O) groups excluding carboxylic acids is 1. The molecule has 0 amide bonds. The molecule has 4 heteroatoms. The van der Waals surface area contributed by atoms with Gasteiger partial charge in [-0.05, 0) is 59.3 Å². The minimum atomic E-state index is -0.0953. The smallest absolute Gasteiger partial charge is 0.320 e. The van der Waals surface area contributed by atoms with Crippen molar-refractivity contribution in [2.45, 2.75) is 32.8 Å². The number of carbonyl (C=O) groups is 1. The Labute approximate surface area is 98.3 Å². The van der Waals surface area contributed by atoms with Crippen LogP contribution in [0.15, 0.2) is 0 Å². The summed E-state index contributed by atoms with van der Waals surface area (Å²) in [7, 11) is 1.99. The van der Waals surface area contributed by atoms with Crippen molar-refractivity contribution in [3.8, 4) is 0 Å². The maximum Gasteiger partial charge on any atom is 0.320 e. The molecule has 0 aromatic carbocycles. The number of hydrogen-bond acceptors (Lipinski definition) is 4. The highest BCUT2D eigenvalue weighted by molar-refractivity contribution is 5.71. The van der Waals surface area contributed by atoms with Crippen molar-refractivity contribution in [1.82, 2.24) is 10.2 Å². The Morgan fingerprint density at radius 2 is 2.06 bits per heavy atom. The van der Waals surface area contributed by atoms with Gasteiger partial charge in [0.1, 0.15) is 0 Å². The first-order valence-electron chi connectivity index (χ1n) is 6.18. The summed E-state index contributed by atoms with van der Waals surface area (Å²) in [5.41, 5.74) is 0. The number of hydrogen-bond donors (Lipinski definition) is 1. The van der Waals surface area contributed by atoms with E-state index < -0.39 is 0 Å². The summed E-state index contributed by atoms with van der Waals surface area (Å²) in [6.45, 7) is 7.34. The van der Waals surface area contributed by atoms with Crippen molar-refractivity contribution in [3.05, 3.63) is 0 Å². The molecule has 0 spiro atoms. The van der Waals surface area contributed by atoms with Crippen molar-refractivity contribution in [2.24, 2.45) is 5.92 Å². The van der Waals surface area contributed by atoms with Gasteiger partial charge in [-0.25, -0.2) is 0 Å². The van der Waals surface area contributed by atoms with Crippen LogP contribution < -0.4 is 5.32 Å². The summed E-state index contributed by atoms with van der Waals surface area (Å²) in [4.78, 5) is 13.6. The van der Waals surface area contributed by atoms with Gasteiger partial charge in [-0.2, -0.15) is 0 Å². The zero-order valence-electron chi connectivity index (χ0n) is 10.7. The highest BCUT2D eigenvalue weighted by Crippen LogP contribution is 2.15. The normalized spacial score (nSPS) is 19.0. The average Bonchev–Trinajstić information content (AvgIpc) is 2.20. The molecular formula is C12H24N2O2. The van der Waals surface area contributed by atoms with E-state index in [1.165, 1.54) is 12.8 Å². The van der Waals surface area contributed by atoms with Gasteiger partial charge >= 0.3 is 5.97 Å². The van der Waals surface area contributed by atoms with E-state index in [4.69, 9.17) is 4.74 Å². The van der Waals surface area contributed by atoms with Gasteiger partial charge in [0, 0.05) is 0 Å². The molecule has 94 valence electrons. The molecular weight excluding hydrogens is 204 g/mol. The average molecular weight is 228 g/mol. The second kappa shape index (κ2) is 6.86. The van der Waals surface area contributed by atoms with Crippen LogP contribution in [0.1, 0.15) is 26.7 Å². The van der Waals surface area contributed by atoms with E-state index in [1.807, 2.05) is 20.9 Å². The Morgan fingerprint density at radius 1 is 1.44 bits per heavy atom.